The lowest BCUT2D eigenvalue weighted by Gasteiger charge is -2.12. The average molecular weight is 394 g/mol. The Balaban J connectivity index is 1.81. The monoisotopic (exact) mass is 394 g/mol. The van der Waals surface area contributed by atoms with Crippen LogP contribution in [0.1, 0.15) is 23.4 Å². The van der Waals surface area contributed by atoms with Gasteiger partial charge in [-0.1, -0.05) is 6.07 Å². The molecule has 0 unspecified atom stereocenters. The number of aryl methyl sites for hydroxylation is 2. The van der Waals surface area contributed by atoms with E-state index in [1.165, 1.54) is 12.1 Å². The molecule has 1 aliphatic heterocycles. The Bertz CT molecular complexity index is 1240. The van der Waals surface area contributed by atoms with Gasteiger partial charge in [-0.05, 0) is 61.7 Å². The van der Waals surface area contributed by atoms with E-state index in [4.69, 9.17) is 5.10 Å². The fraction of sp³-hybridized carbons (Fsp3) is 0.227. The molecule has 0 spiro atoms. The Morgan fingerprint density at radius 3 is 2.72 bits per heavy atom. The van der Waals surface area contributed by atoms with E-state index >= 15 is 0 Å². The van der Waals surface area contributed by atoms with Crippen LogP contribution in [0, 0.1) is 6.92 Å². The molecule has 0 saturated carbocycles. The summed E-state index contributed by atoms with van der Waals surface area (Å²) >= 11 is 0. The molecule has 0 aliphatic carbocycles. The molecular weight excluding hydrogens is 377 g/mol. The van der Waals surface area contributed by atoms with Gasteiger partial charge in [-0.25, -0.2) is 0 Å². The van der Waals surface area contributed by atoms with Crippen molar-refractivity contribution in [3.63, 3.8) is 0 Å². The van der Waals surface area contributed by atoms with Crippen LogP contribution in [0.25, 0.3) is 33.4 Å². The van der Waals surface area contributed by atoms with Crippen LogP contribution < -0.4 is 0 Å². The van der Waals surface area contributed by atoms with Gasteiger partial charge in [0.25, 0.3) is 0 Å². The number of hydrogen-bond donors (Lipinski definition) is 0. The minimum absolute atomic E-state index is 0.471. The summed E-state index contributed by atoms with van der Waals surface area (Å²) in [4.78, 5) is 8.88. The Kier molecular flexibility index (Phi) is 3.94. The van der Waals surface area contributed by atoms with Crippen molar-refractivity contribution < 1.29 is 13.2 Å². The quantitative estimate of drug-likeness (QED) is 0.455. The zero-order valence-corrected chi connectivity index (χ0v) is 15.7. The fourth-order valence-electron chi connectivity index (χ4n) is 4.01. The second-order valence-corrected chi connectivity index (χ2v) is 7.25. The molecule has 7 heteroatoms. The average Bonchev–Trinajstić information content (AvgIpc) is 3.27. The van der Waals surface area contributed by atoms with Crippen molar-refractivity contribution in [1.29, 1.82) is 0 Å². The predicted molar refractivity (Wildman–Crippen MR) is 104 cm³/mol. The number of fused-ring (bicyclic) bond motifs is 2. The topological polar surface area (TPSA) is 43.6 Å². The molecule has 5 rings (SSSR count). The van der Waals surface area contributed by atoms with E-state index in [1.54, 1.807) is 12.3 Å². The van der Waals surface area contributed by atoms with Crippen molar-refractivity contribution in [2.24, 2.45) is 0 Å². The summed E-state index contributed by atoms with van der Waals surface area (Å²) in [6, 6.07) is 11.2. The summed E-state index contributed by atoms with van der Waals surface area (Å²) in [5, 5.41) is 5.24. The summed E-state index contributed by atoms with van der Waals surface area (Å²) in [5.74, 6) is 0. The van der Waals surface area contributed by atoms with Crippen molar-refractivity contribution in [3.8, 4) is 22.5 Å². The summed E-state index contributed by atoms with van der Waals surface area (Å²) in [6.07, 6.45) is -0.981. The summed E-state index contributed by atoms with van der Waals surface area (Å²) in [5.41, 5.74) is 4.73. The molecule has 4 heterocycles. The summed E-state index contributed by atoms with van der Waals surface area (Å²) < 4.78 is 42.0. The van der Waals surface area contributed by atoms with E-state index in [2.05, 4.69) is 9.97 Å². The van der Waals surface area contributed by atoms with Crippen LogP contribution in [0.5, 0.6) is 0 Å². The SMILES string of the molecule is Cc1cccc(-c2nn3c(c2-c2ccnc4ccc(C(F)(F)F)cc24)CCC3)n1. The van der Waals surface area contributed by atoms with E-state index in [1.807, 2.05) is 29.8 Å². The van der Waals surface area contributed by atoms with E-state index in [9.17, 15) is 13.2 Å². The molecule has 29 heavy (non-hydrogen) atoms. The first-order valence-electron chi connectivity index (χ1n) is 9.42. The van der Waals surface area contributed by atoms with Crippen LogP contribution >= 0.6 is 0 Å². The maximum Gasteiger partial charge on any atom is 0.416 e. The minimum atomic E-state index is -4.41. The molecule has 0 amide bonds. The molecule has 0 fully saturated rings. The third-order valence-electron chi connectivity index (χ3n) is 5.31. The number of halogens is 3. The summed E-state index contributed by atoms with van der Waals surface area (Å²) in [6.45, 7) is 2.70. The van der Waals surface area contributed by atoms with Crippen LogP contribution in [-0.4, -0.2) is 19.7 Å². The smallest absolute Gasteiger partial charge is 0.268 e. The second kappa shape index (κ2) is 6.40. The molecular formula is C22H17F3N4. The van der Waals surface area contributed by atoms with Crippen LogP contribution in [0.3, 0.4) is 0 Å². The maximum atomic E-state index is 13.4. The standard InChI is InChI=1S/C22H17F3N4/c1-13-4-2-5-18(27-13)21-20(19-6-3-11-29(19)28-21)15-9-10-26-17-8-7-14(12-16(15)17)22(23,24)25/h2,4-5,7-10,12H,3,6,11H2,1H3. The third-order valence-corrected chi connectivity index (χ3v) is 5.31. The van der Waals surface area contributed by atoms with Gasteiger partial charge in [0.05, 0.1) is 16.8 Å². The van der Waals surface area contributed by atoms with E-state index < -0.39 is 11.7 Å². The van der Waals surface area contributed by atoms with Gasteiger partial charge in [0.1, 0.15) is 5.69 Å². The van der Waals surface area contributed by atoms with Crippen LogP contribution in [-0.2, 0) is 19.1 Å². The van der Waals surface area contributed by atoms with Crippen molar-refractivity contribution in [1.82, 2.24) is 19.7 Å². The van der Waals surface area contributed by atoms with Gasteiger partial charge in [0.15, 0.2) is 0 Å². The molecule has 0 bridgehead atoms. The number of nitrogens with zero attached hydrogens (tertiary/aromatic N) is 4. The number of rotatable bonds is 2. The number of benzene rings is 1. The first-order valence-corrected chi connectivity index (χ1v) is 9.42. The lowest BCUT2D eigenvalue weighted by Crippen LogP contribution is -2.04. The molecule has 0 atom stereocenters. The molecule has 0 radical (unpaired) electrons. The highest BCUT2D eigenvalue weighted by atomic mass is 19.4. The third kappa shape index (κ3) is 2.97. The number of alkyl halides is 3. The number of pyridine rings is 2. The largest absolute Gasteiger partial charge is 0.416 e. The molecule has 146 valence electrons. The molecule has 0 saturated heterocycles. The van der Waals surface area contributed by atoms with Crippen molar-refractivity contribution >= 4 is 10.9 Å². The first kappa shape index (κ1) is 17.8. The lowest BCUT2D eigenvalue weighted by atomic mass is 9.95. The van der Waals surface area contributed by atoms with Crippen LogP contribution in [0.2, 0.25) is 0 Å². The number of aromatic nitrogens is 4. The zero-order chi connectivity index (χ0) is 20.2. The lowest BCUT2D eigenvalue weighted by molar-refractivity contribution is -0.137. The fourth-order valence-corrected chi connectivity index (χ4v) is 4.01. The normalized spacial score (nSPS) is 13.8. The van der Waals surface area contributed by atoms with Crippen molar-refractivity contribution in [2.45, 2.75) is 32.5 Å². The second-order valence-electron chi connectivity index (χ2n) is 7.25. The zero-order valence-electron chi connectivity index (χ0n) is 15.7. The summed E-state index contributed by atoms with van der Waals surface area (Å²) in [7, 11) is 0. The predicted octanol–water partition coefficient (Wildman–Crippen LogP) is 5.43. The van der Waals surface area contributed by atoms with E-state index in [0.717, 1.165) is 48.1 Å². The van der Waals surface area contributed by atoms with Crippen LogP contribution in [0.15, 0.2) is 48.7 Å². The Morgan fingerprint density at radius 2 is 1.93 bits per heavy atom. The van der Waals surface area contributed by atoms with Gasteiger partial charge in [0, 0.05) is 35.1 Å². The van der Waals surface area contributed by atoms with Gasteiger partial charge < -0.3 is 0 Å². The van der Waals surface area contributed by atoms with Gasteiger partial charge in [-0.2, -0.15) is 18.3 Å². The van der Waals surface area contributed by atoms with Crippen molar-refractivity contribution in [3.05, 3.63) is 65.6 Å². The van der Waals surface area contributed by atoms with E-state index in [-0.39, 0.29) is 0 Å². The number of hydrogen-bond acceptors (Lipinski definition) is 3. The van der Waals surface area contributed by atoms with Gasteiger partial charge >= 0.3 is 6.18 Å². The highest BCUT2D eigenvalue weighted by Gasteiger charge is 2.31. The minimum Gasteiger partial charge on any atom is -0.268 e. The Labute approximate surface area is 165 Å². The van der Waals surface area contributed by atoms with Gasteiger partial charge in [-0.15, -0.1) is 0 Å². The first-order chi connectivity index (χ1) is 13.9. The van der Waals surface area contributed by atoms with Crippen molar-refractivity contribution in [2.75, 3.05) is 0 Å². The molecule has 0 N–H and O–H groups in total. The van der Waals surface area contributed by atoms with Gasteiger partial charge in [0.2, 0.25) is 0 Å². The molecule has 4 nitrogen and oxygen atoms in total. The Hall–Kier alpha value is -3.22. The molecule has 3 aromatic heterocycles. The van der Waals surface area contributed by atoms with Crippen LogP contribution in [0.4, 0.5) is 13.2 Å². The van der Waals surface area contributed by atoms with E-state index in [0.29, 0.717) is 22.2 Å². The molecule has 1 aliphatic rings. The van der Waals surface area contributed by atoms with Gasteiger partial charge in [-0.3, -0.25) is 14.6 Å². The molecule has 4 aromatic rings. The highest BCUT2D eigenvalue weighted by molar-refractivity contribution is 5.99. The highest BCUT2D eigenvalue weighted by Crippen LogP contribution is 2.41. The Morgan fingerprint density at radius 1 is 1.07 bits per heavy atom. The molecule has 1 aromatic carbocycles. The maximum absolute atomic E-state index is 13.4.